The Bertz CT molecular complexity index is 480. The Labute approximate surface area is 111 Å². The number of halogens is 2. The standard InChI is InChI=1S/C13H18F2N4/c14-10-7-11(15)13(18-12(10)16)17-8-3-5-19-4-1-2-9(19)6-8/h7-9H,1-6H2,(H3,16,17,18). The van der Waals surface area contributed by atoms with Crippen LogP contribution >= 0.6 is 0 Å². The molecule has 0 saturated carbocycles. The summed E-state index contributed by atoms with van der Waals surface area (Å²) in [4.78, 5) is 6.24. The van der Waals surface area contributed by atoms with Gasteiger partial charge in [-0.3, -0.25) is 0 Å². The highest BCUT2D eigenvalue weighted by molar-refractivity contribution is 5.45. The Morgan fingerprint density at radius 2 is 2.11 bits per heavy atom. The number of nitrogens with one attached hydrogen (secondary N) is 1. The molecule has 1 aromatic heterocycles. The lowest BCUT2D eigenvalue weighted by atomic mass is 9.97. The van der Waals surface area contributed by atoms with Gasteiger partial charge in [0.05, 0.1) is 0 Å². The van der Waals surface area contributed by atoms with E-state index in [0.29, 0.717) is 6.04 Å². The molecule has 2 aliphatic rings. The summed E-state index contributed by atoms with van der Waals surface area (Å²) in [5.41, 5.74) is 5.38. The molecule has 2 aliphatic heterocycles. The molecule has 4 nitrogen and oxygen atoms in total. The summed E-state index contributed by atoms with van der Waals surface area (Å²) in [6.45, 7) is 2.20. The topological polar surface area (TPSA) is 54.2 Å². The average Bonchev–Trinajstić information content (AvgIpc) is 2.83. The second-order valence-electron chi connectivity index (χ2n) is 5.38. The van der Waals surface area contributed by atoms with Crippen LogP contribution in [-0.4, -0.2) is 35.1 Å². The van der Waals surface area contributed by atoms with Crippen molar-refractivity contribution in [1.29, 1.82) is 0 Å². The van der Waals surface area contributed by atoms with Crippen LogP contribution in [0.2, 0.25) is 0 Å². The van der Waals surface area contributed by atoms with Crippen LogP contribution in [-0.2, 0) is 0 Å². The van der Waals surface area contributed by atoms with Gasteiger partial charge in [-0.2, -0.15) is 0 Å². The lowest BCUT2D eigenvalue weighted by molar-refractivity contribution is 0.188. The molecule has 0 aliphatic carbocycles. The van der Waals surface area contributed by atoms with Gasteiger partial charge in [0.1, 0.15) is 0 Å². The van der Waals surface area contributed by atoms with Crippen LogP contribution in [0, 0.1) is 11.6 Å². The summed E-state index contributed by atoms with van der Waals surface area (Å²) in [6.07, 6.45) is 4.39. The Morgan fingerprint density at radius 3 is 2.95 bits per heavy atom. The summed E-state index contributed by atoms with van der Waals surface area (Å²) < 4.78 is 26.7. The molecule has 1 aromatic rings. The smallest absolute Gasteiger partial charge is 0.168 e. The van der Waals surface area contributed by atoms with Crippen LogP contribution in [0.3, 0.4) is 0 Å². The molecule has 0 bridgehead atoms. The molecule has 0 aromatic carbocycles. The first-order valence-corrected chi connectivity index (χ1v) is 6.75. The van der Waals surface area contributed by atoms with E-state index in [1.807, 2.05) is 0 Å². The van der Waals surface area contributed by atoms with Gasteiger partial charge in [0, 0.05) is 24.7 Å². The third kappa shape index (κ3) is 2.49. The van der Waals surface area contributed by atoms with E-state index >= 15 is 0 Å². The van der Waals surface area contributed by atoms with Crippen LogP contribution in [0.4, 0.5) is 20.4 Å². The fourth-order valence-corrected chi connectivity index (χ4v) is 3.13. The highest BCUT2D eigenvalue weighted by Gasteiger charge is 2.32. The molecule has 2 unspecified atom stereocenters. The number of rotatable bonds is 2. The fraction of sp³-hybridized carbons (Fsp3) is 0.615. The molecule has 0 amide bonds. The number of aromatic nitrogens is 1. The molecule has 3 heterocycles. The van der Waals surface area contributed by atoms with Crippen molar-refractivity contribution in [2.45, 2.75) is 37.8 Å². The van der Waals surface area contributed by atoms with Gasteiger partial charge < -0.3 is 16.0 Å². The Kier molecular flexibility index (Phi) is 3.26. The van der Waals surface area contributed by atoms with Gasteiger partial charge in [0.25, 0.3) is 0 Å². The van der Waals surface area contributed by atoms with E-state index in [4.69, 9.17) is 5.73 Å². The van der Waals surface area contributed by atoms with E-state index in [1.54, 1.807) is 0 Å². The van der Waals surface area contributed by atoms with E-state index in [0.717, 1.165) is 25.5 Å². The van der Waals surface area contributed by atoms with E-state index < -0.39 is 11.6 Å². The van der Waals surface area contributed by atoms with Crippen molar-refractivity contribution in [2.24, 2.45) is 0 Å². The number of fused-ring (bicyclic) bond motifs is 1. The second-order valence-corrected chi connectivity index (χ2v) is 5.38. The normalized spacial score (nSPS) is 27.3. The van der Waals surface area contributed by atoms with Gasteiger partial charge in [-0.05, 0) is 32.2 Å². The number of piperidine rings is 1. The van der Waals surface area contributed by atoms with Gasteiger partial charge in [-0.25, -0.2) is 13.8 Å². The maximum atomic E-state index is 13.6. The van der Waals surface area contributed by atoms with Crippen molar-refractivity contribution in [1.82, 2.24) is 9.88 Å². The van der Waals surface area contributed by atoms with Gasteiger partial charge >= 0.3 is 0 Å². The third-order valence-corrected chi connectivity index (χ3v) is 4.12. The summed E-state index contributed by atoms with van der Waals surface area (Å²) >= 11 is 0. The summed E-state index contributed by atoms with van der Waals surface area (Å²) in [5, 5.41) is 3.07. The zero-order chi connectivity index (χ0) is 13.4. The highest BCUT2D eigenvalue weighted by atomic mass is 19.1. The quantitative estimate of drug-likeness (QED) is 0.861. The second kappa shape index (κ2) is 4.92. The zero-order valence-electron chi connectivity index (χ0n) is 10.7. The van der Waals surface area contributed by atoms with Gasteiger partial charge in [-0.15, -0.1) is 0 Å². The Morgan fingerprint density at radius 1 is 1.26 bits per heavy atom. The average molecular weight is 268 g/mol. The molecule has 104 valence electrons. The fourth-order valence-electron chi connectivity index (χ4n) is 3.13. The minimum atomic E-state index is -0.811. The molecule has 19 heavy (non-hydrogen) atoms. The highest BCUT2D eigenvalue weighted by Crippen LogP contribution is 2.29. The number of nitrogens with two attached hydrogens (primary N) is 1. The molecule has 3 rings (SSSR count). The maximum Gasteiger partial charge on any atom is 0.168 e. The molecule has 2 fully saturated rings. The minimum absolute atomic E-state index is 0.0651. The maximum absolute atomic E-state index is 13.6. The van der Waals surface area contributed by atoms with Crippen molar-refractivity contribution < 1.29 is 8.78 Å². The van der Waals surface area contributed by atoms with Gasteiger partial charge in [-0.1, -0.05) is 0 Å². The predicted molar refractivity (Wildman–Crippen MR) is 69.8 cm³/mol. The van der Waals surface area contributed by atoms with Crippen molar-refractivity contribution in [2.75, 3.05) is 24.1 Å². The lowest BCUT2D eigenvalue weighted by Gasteiger charge is -2.35. The van der Waals surface area contributed by atoms with E-state index in [9.17, 15) is 8.78 Å². The van der Waals surface area contributed by atoms with Gasteiger partial charge in [0.15, 0.2) is 23.3 Å². The zero-order valence-corrected chi connectivity index (χ0v) is 10.7. The van der Waals surface area contributed by atoms with Crippen LogP contribution in [0.25, 0.3) is 0 Å². The van der Waals surface area contributed by atoms with Crippen LogP contribution in [0.1, 0.15) is 25.7 Å². The van der Waals surface area contributed by atoms with Crippen molar-refractivity contribution in [3.8, 4) is 0 Å². The predicted octanol–water partition coefficient (Wildman–Crippen LogP) is 1.98. The number of pyridine rings is 1. The molecular weight excluding hydrogens is 250 g/mol. The molecule has 0 radical (unpaired) electrons. The molecular formula is C13H18F2N4. The van der Waals surface area contributed by atoms with E-state index in [1.165, 1.54) is 19.4 Å². The molecule has 0 spiro atoms. The third-order valence-electron chi connectivity index (χ3n) is 4.12. The molecule has 2 atom stereocenters. The van der Waals surface area contributed by atoms with E-state index in [2.05, 4.69) is 15.2 Å². The van der Waals surface area contributed by atoms with Crippen LogP contribution in [0.5, 0.6) is 0 Å². The SMILES string of the molecule is Nc1nc(NC2CCN3CCCC3C2)c(F)cc1F. The number of hydrogen-bond acceptors (Lipinski definition) is 4. The summed E-state index contributed by atoms with van der Waals surface area (Å²) in [6, 6.07) is 1.56. The number of anilines is 2. The first kappa shape index (κ1) is 12.6. The van der Waals surface area contributed by atoms with E-state index in [-0.39, 0.29) is 17.7 Å². The first-order chi connectivity index (χ1) is 9.13. The first-order valence-electron chi connectivity index (χ1n) is 6.75. The van der Waals surface area contributed by atoms with Crippen LogP contribution in [0.15, 0.2) is 6.07 Å². The van der Waals surface area contributed by atoms with Crippen molar-refractivity contribution >= 4 is 11.6 Å². The summed E-state index contributed by atoms with van der Waals surface area (Å²) in [7, 11) is 0. The molecule has 2 saturated heterocycles. The summed E-state index contributed by atoms with van der Waals surface area (Å²) in [5.74, 6) is -1.69. The Hall–Kier alpha value is -1.43. The number of nitrogens with zero attached hydrogens (tertiary/aromatic N) is 2. The molecule has 6 heteroatoms. The van der Waals surface area contributed by atoms with Crippen molar-refractivity contribution in [3.63, 3.8) is 0 Å². The van der Waals surface area contributed by atoms with Gasteiger partial charge in [0.2, 0.25) is 0 Å². The molecule has 3 N–H and O–H groups in total. The monoisotopic (exact) mass is 268 g/mol. The lowest BCUT2D eigenvalue weighted by Crippen LogP contribution is -2.43. The minimum Gasteiger partial charge on any atom is -0.381 e. The number of nitrogen functional groups attached to an aromatic ring is 1. The largest absolute Gasteiger partial charge is 0.381 e. The van der Waals surface area contributed by atoms with Crippen molar-refractivity contribution in [3.05, 3.63) is 17.7 Å². The Balaban J connectivity index is 1.70. The van der Waals surface area contributed by atoms with Crippen LogP contribution < -0.4 is 11.1 Å². The number of hydrogen-bond donors (Lipinski definition) is 2.